The first kappa shape index (κ1) is 17.2. The topological polar surface area (TPSA) is 49.4 Å². The van der Waals surface area contributed by atoms with Gasteiger partial charge in [0.15, 0.2) is 0 Å². The van der Waals surface area contributed by atoms with E-state index < -0.39 is 5.92 Å². The van der Waals surface area contributed by atoms with Crippen LogP contribution in [0.4, 0.5) is 11.4 Å². The predicted molar refractivity (Wildman–Crippen MR) is 101 cm³/mol. The van der Waals surface area contributed by atoms with Crippen LogP contribution < -0.4 is 10.2 Å². The summed E-state index contributed by atoms with van der Waals surface area (Å²) in [6.45, 7) is 6.60. The number of amides is 2. The number of nitrogens with zero attached hydrogens (tertiary/aromatic N) is 1. The first-order valence-corrected chi connectivity index (χ1v) is 8.78. The molecule has 1 heterocycles. The van der Waals surface area contributed by atoms with Gasteiger partial charge in [-0.25, -0.2) is 0 Å². The van der Waals surface area contributed by atoms with Crippen LogP contribution in [0.1, 0.15) is 30.0 Å². The molecule has 4 heteroatoms. The van der Waals surface area contributed by atoms with Gasteiger partial charge in [-0.2, -0.15) is 0 Å². The fraction of sp³-hybridized carbons (Fsp3) is 0.333. The van der Waals surface area contributed by atoms with Gasteiger partial charge in [0.2, 0.25) is 11.8 Å². The molecule has 3 rings (SSSR count). The van der Waals surface area contributed by atoms with E-state index in [2.05, 4.69) is 12.2 Å². The Hall–Kier alpha value is -2.62. The normalized spacial score (nSPS) is 17.0. The summed E-state index contributed by atoms with van der Waals surface area (Å²) in [5.74, 6) is -0.951. The SMILES string of the molecule is CCc1ccc(N2CCC(C(=O)Nc3c(C)cccc3C)C2=O)cc1. The summed E-state index contributed by atoms with van der Waals surface area (Å²) in [5.41, 5.74) is 4.92. The molecular formula is C21H24N2O2. The molecular weight excluding hydrogens is 312 g/mol. The minimum atomic E-state index is -0.621. The van der Waals surface area contributed by atoms with Gasteiger partial charge in [-0.1, -0.05) is 37.3 Å². The minimum absolute atomic E-state index is 0.118. The highest BCUT2D eigenvalue weighted by molar-refractivity contribution is 6.13. The van der Waals surface area contributed by atoms with Crippen molar-refractivity contribution in [3.8, 4) is 0 Å². The van der Waals surface area contributed by atoms with Gasteiger partial charge in [0.1, 0.15) is 5.92 Å². The quantitative estimate of drug-likeness (QED) is 0.862. The number of benzene rings is 2. The molecule has 1 saturated heterocycles. The third-order valence-corrected chi connectivity index (χ3v) is 4.91. The third-order valence-electron chi connectivity index (χ3n) is 4.91. The van der Waals surface area contributed by atoms with Crippen molar-refractivity contribution in [2.75, 3.05) is 16.8 Å². The van der Waals surface area contributed by atoms with E-state index in [-0.39, 0.29) is 11.8 Å². The average molecular weight is 336 g/mol. The number of hydrogen-bond acceptors (Lipinski definition) is 2. The summed E-state index contributed by atoms with van der Waals surface area (Å²) in [6.07, 6.45) is 1.51. The first-order chi connectivity index (χ1) is 12.0. The summed E-state index contributed by atoms with van der Waals surface area (Å²) in [4.78, 5) is 27.1. The molecule has 1 aliphatic heterocycles. The van der Waals surface area contributed by atoms with Gasteiger partial charge in [0.25, 0.3) is 0 Å². The van der Waals surface area contributed by atoms with E-state index >= 15 is 0 Å². The van der Waals surface area contributed by atoms with Gasteiger partial charge in [0, 0.05) is 17.9 Å². The van der Waals surface area contributed by atoms with Crippen molar-refractivity contribution in [3.63, 3.8) is 0 Å². The number of aryl methyl sites for hydroxylation is 3. The summed E-state index contributed by atoms with van der Waals surface area (Å²) in [5, 5.41) is 2.95. The fourth-order valence-corrected chi connectivity index (χ4v) is 3.31. The van der Waals surface area contributed by atoms with Crippen molar-refractivity contribution in [2.45, 2.75) is 33.6 Å². The summed E-state index contributed by atoms with van der Waals surface area (Å²) in [7, 11) is 0. The molecule has 0 spiro atoms. The minimum Gasteiger partial charge on any atom is -0.325 e. The molecule has 4 nitrogen and oxygen atoms in total. The van der Waals surface area contributed by atoms with Crippen molar-refractivity contribution in [3.05, 3.63) is 59.2 Å². The van der Waals surface area contributed by atoms with Crippen LogP contribution in [0.3, 0.4) is 0 Å². The average Bonchev–Trinajstić information content (AvgIpc) is 3.00. The summed E-state index contributed by atoms with van der Waals surface area (Å²) in [6, 6.07) is 13.9. The summed E-state index contributed by atoms with van der Waals surface area (Å²) < 4.78 is 0. The van der Waals surface area contributed by atoms with Crippen LogP contribution in [0.5, 0.6) is 0 Å². The molecule has 0 saturated carbocycles. The largest absolute Gasteiger partial charge is 0.325 e. The van der Waals surface area contributed by atoms with E-state index in [4.69, 9.17) is 0 Å². The molecule has 0 bridgehead atoms. The molecule has 0 aromatic heterocycles. The van der Waals surface area contributed by atoms with Gasteiger partial charge in [-0.15, -0.1) is 0 Å². The van der Waals surface area contributed by atoms with Gasteiger partial charge < -0.3 is 10.2 Å². The van der Waals surface area contributed by atoms with Gasteiger partial charge in [-0.05, 0) is 55.5 Å². The van der Waals surface area contributed by atoms with Gasteiger partial charge in [-0.3, -0.25) is 9.59 Å². The Morgan fingerprint density at radius 3 is 2.36 bits per heavy atom. The van der Waals surface area contributed by atoms with Crippen LogP contribution in [0, 0.1) is 19.8 Å². The van der Waals surface area contributed by atoms with Crippen LogP contribution in [0.15, 0.2) is 42.5 Å². The smallest absolute Gasteiger partial charge is 0.239 e. The van der Waals surface area contributed by atoms with Gasteiger partial charge >= 0.3 is 0 Å². The monoisotopic (exact) mass is 336 g/mol. The van der Waals surface area contributed by atoms with Crippen LogP contribution in [-0.2, 0) is 16.0 Å². The maximum Gasteiger partial charge on any atom is 0.239 e. The summed E-state index contributed by atoms with van der Waals surface area (Å²) >= 11 is 0. The molecule has 2 aromatic carbocycles. The number of rotatable bonds is 4. The Labute approximate surface area is 148 Å². The van der Waals surface area contributed by atoms with E-state index in [0.29, 0.717) is 13.0 Å². The van der Waals surface area contributed by atoms with Crippen molar-refractivity contribution in [1.29, 1.82) is 0 Å². The van der Waals surface area contributed by atoms with E-state index in [0.717, 1.165) is 28.9 Å². The van der Waals surface area contributed by atoms with Crippen molar-refractivity contribution in [2.24, 2.45) is 5.92 Å². The second-order valence-corrected chi connectivity index (χ2v) is 6.61. The van der Waals surface area contributed by atoms with Crippen molar-refractivity contribution in [1.82, 2.24) is 0 Å². The molecule has 130 valence electrons. The molecule has 2 aromatic rings. The standard InChI is InChI=1S/C21H24N2O2/c1-4-16-8-10-17(11-9-16)23-13-12-18(21(23)25)20(24)22-19-14(2)6-5-7-15(19)3/h5-11,18H,4,12-13H2,1-3H3,(H,22,24). The lowest BCUT2D eigenvalue weighted by atomic mass is 10.1. The third kappa shape index (κ3) is 3.43. The molecule has 1 aliphatic rings. The van der Waals surface area contributed by atoms with E-state index in [1.54, 1.807) is 4.90 Å². The maximum absolute atomic E-state index is 12.7. The molecule has 0 radical (unpaired) electrons. The molecule has 25 heavy (non-hydrogen) atoms. The van der Waals surface area contributed by atoms with Crippen molar-refractivity contribution >= 4 is 23.2 Å². The number of para-hydroxylation sites is 1. The lowest BCUT2D eigenvalue weighted by molar-refractivity contribution is -0.129. The van der Waals surface area contributed by atoms with Crippen LogP contribution in [0.25, 0.3) is 0 Å². The fourth-order valence-electron chi connectivity index (χ4n) is 3.31. The Balaban J connectivity index is 1.73. The van der Waals surface area contributed by atoms with Crippen LogP contribution in [0.2, 0.25) is 0 Å². The van der Waals surface area contributed by atoms with E-state index in [1.807, 2.05) is 56.3 Å². The second-order valence-electron chi connectivity index (χ2n) is 6.61. The number of carbonyl (C=O) groups excluding carboxylic acids is 2. The zero-order valence-electron chi connectivity index (χ0n) is 15.0. The number of anilines is 2. The first-order valence-electron chi connectivity index (χ1n) is 8.78. The highest BCUT2D eigenvalue weighted by Crippen LogP contribution is 2.28. The lowest BCUT2D eigenvalue weighted by Crippen LogP contribution is -2.33. The second kappa shape index (κ2) is 7.09. The van der Waals surface area contributed by atoms with E-state index in [9.17, 15) is 9.59 Å². The molecule has 0 aliphatic carbocycles. The molecule has 1 N–H and O–H groups in total. The molecule has 2 amide bonds. The van der Waals surface area contributed by atoms with E-state index in [1.165, 1.54) is 5.56 Å². The Morgan fingerprint density at radius 2 is 1.76 bits per heavy atom. The maximum atomic E-state index is 12.7. The van der Waals surface area contributed by atoms with Crippen molar-refractivity contribution < 1.29 is 9.59 Å². The Bertz CT molecular complexity index is 776. The van der Waals surface area contributed by atoms with Crippen LogP contribution in [-0.4, -0.2) is 18.4 Å². The number of carbonyl (C=O) groups is 2. The Kier molecular flexibility index (Phi) is 4.88. The molecule has 1 unspecified atom stereocenters. The molecule has 1 fully saturated rings. The van der Waals surface area contributed by atoms with Gasteiger partial charge in [0.05, 0.1) is 0 Å². The zero-order chi connectivity index (χ0) is 18.0. The zero-order valence-corrected chi connectivity index (χ0v) is 15.0. The highest BCUT2D eigenvalue weighted by Gasteiger charge is 2.37. The number of nitrogens with one attached hydrogen (secondary N) is 1. The highest BCUT2D eigenvalue weighted by atomic mass is 16.2. The van der Waals surface area contributed by atoms with Crippen LogP contribution >= 0.6 is 0 Å². The number of hydrogen-bond donors (Lipinski definition) is 1. The molecule has 1 atom stereocenters. The Morgan fingerprint density at radius 1 is 1.12 bits per heavy atom. The predicted octanol–water partition coefficient (Wildman–Crippen LogP) is 3.86. The lowest BCUT2D eigenvalue weighted by Gasteiger charge is -2.18.